The Hall–Kier alpha value is 2.52. The van der Waals surface area contributed by atoms with Crippen LogP contribution in [-0.4, -0.2) is 80.9 Å². The molecule has 0 amide bonds. The smallest absolute Gasteiger partial charge is 0 e. The molecule has 0 saturated carbocycles. The summed E-state index contributed by atoms with van der Waals surface area (Å²) in [6.07, 6.45) is 0. The summed E-state index contributed by atoms with van der Waals surface area (Å²) in [7, 11) is 0. The molecule has 0 aliphatic rings. The number of hydrogen-bond donors (Lipinski definition) is 0. The second-order valence-corrected chi connectivity index (χ2v) is 0. The maximum atomic E-state index is 0. The van der Waals surface area contributed by atoms with Gasteiger partial charge in [0.05, 0.1) is 0 Å². The summed E-state index contributed by atoms with van der Waals surface area (Å²) in [4.78, 5) is 0. The number of hydrogen-bond acceptors (Lipinski definition) is 0. The van der Waals surface area contributed by atoms with E-state index in [1.165, 1.54) is 0 Å². The molecular weight excluding hydrogens is 102 g/mol. The van der Waals surface area contributed by atoms with Crippen LogP contribution in [0.5, 0.6) is 0 Å². The van der Waals surface area contributed by atoms with Crippen LogP contribution in [0.1, 0.15) is 0 Å². The topological polar surface area (TPSA) is 0 Å². The van der Waals surface area contributed by atoms with Gasteiger partial charge in [-0.15, -0.1) is 0 Å². The third-order valence-corrected chi connectivity index (χ3v) is 0. The Balaban J connectivity index is 0. The largest absolute Gasteiger partial charge is 0 e. The van der Waals surface area contributed by atoms with Crippen molar-refractivity contribution in [1.82, 2.24) is 0 Å². The van der Waals surface area contributed by atoms with E-state index in [2.05, 4.69) is 0 Å². The van der Waals surface area contributed by atoms with E-state index in [1.807, 2.05) is 0 Å². The van der Waals surface area contributed by atoms with E-state index in [-0.39, 0.29) is 80.9 Å². The van der Waals surface area contributed by atoms with Crippen molar-refractivity contribution in [3.8, 4) is 0 Å². The van der Waals surface area contributed by atoms with Crippen LogP contribution in [0.4, 0.5) is 0 Å². The molecule has 0 unspecified atom stereocenters. The molecule has 0 aliphatic heterocycles. The van der Waals surface area contributed by atoms with Gasteiger partial charge < -0.3 is 0 Å². The fourth-order valence-electron chi connectivity index (χ4n) is 0. The van der Waals surface area contributed by atoms with Crippen LogP contribution in [0.2, 0.25) is 0 Å². The average molecular weight is 102 g/mol. The zero-order valence-electron chi connectivity index (χ0n) is 2.78. The van der Waals surface area contributed by atoms with Gasteiger partial charge in [-0.2, -0.15) is 0 Å². The normalized spacial score (nSPS) is 0. The summed E-state index contributed by atoms with van der Waals surface area (Å²) >= 11 is 0. The first-order valence-corrected chi connectivity index (χ1v) is 0. The summed E-state index contributed by atoms with van der Waals surface area (Å²) in [5, 5.41) is 0. The molecule has 0 fully saturated rings. The Bertz CT molecular complexity index is 8.00. The monoisotopic (exact) mass is 102 g/mol. The Morgan fingerprint density at radius 1 is 1.00 bits per heavy atom. The maximum absolute atomic E-state index is 0. The third kappa shape index (κ3) is 8.82. The van der Waals surface area contributed by atoms with Crippen molar-refractivity contribution in [2.24, 2.45) is 0 Å². The minimum absolute atomic E-state index is 0. The first-order chi connectivity index (χ1) is 0. The molecule has 0 spiro atoms. The molecule has 0 N–H and O–H groups in total. The summed E-state index contributed by atoms with van der Waals surface area (Å²) in [5.41, 5.74) is 0. The van der Waals surface area contributed by atoms with Gasteiger partial charge >= 0.3 is 0 Å². The molecule has 0 saturated heterocycles. The molecule has 4 heavy (non-hydrogen) atoms. The van der Waals surface area contributed by atoms with E-state index in [0.29, 0.717) is 0 Å². The van der Waals surface area contributed by atoms with Gasteiger partial charge in [-0.3, -0.25) is 0 Å². The molecule has 0 atom stereocenters. The molecule has 0 aromatic heterocycles. The predicted molar refractivity (Wildman–Crippen MR) is 23.0 cm³/mol. The average Bonchev–Trinajstić information content (AvgIpc) is 0. The first-order valence-electron chi connectivity index (χ1n) is 0. The molecule has 0 aliphatic carbocycles. The summed E-state index contributed by atoms with van der Waals surface area (Å²) < 4.78 is 0. The van der Waals surface area contributed by atoms with Crippen LogP contribution in [-0.2, 0) is 0 Å². The molecule has 10 valence electrons. The van der Waals surface area contributed by atoms with Crippen LogP contribution in [0, 0.1) is 0 Å². The maximum Gasteiger partial charge on any atom is 0 e. The molecule has 0 nitrogen and oxygen atoms in total. The summed E-state index contributed by atoms with van der Waals surface area (Å²) in [6.45, 7) is 0. The fourth-order valence-corrected chi connectivity index (χ4v) is 0. The second-order valence-electron chi connectivity index (χ2n) is 0. The van der Waals surface area contributed by atoms with Crippen LogP contribution in [0.25, 0.3) is 0 Å². The van der Waals surface area contributed by atoms with E-state index >= 15 is 0 Å². The minimum atomic E-state index is 0. The van der Waals surface area contributed by atoms with E-state index in [4.69, 9.17) is 0 Å². The molecule has 0 heterocycles. The van der Waals surface area contributed by atoms with Crippen molar-refractivity contribution < 1.29 is 0 Å². The Kier molecular flexibility index (Phi) is 139. The van der Waals surface area contributed by atoms with Crippen molar-refractivity contribution in [3.63, 3.8) is 0 Å². The van der Waals surface area contributed by atoms with Gasteiger partial charge in [0.1, 0.15) is 0 Å². The molecule has 0 aromatic rings. The quantitative estimate of drug-likeness (QED) is 0.326. The zero-order valence-corrected chi connectivity index (χ0v) is 8.35. The molecule has 0 bridgehead atoms. The van der Waals surface area contributed by atoms with E-state index in [1.54, 1.807) is 0 Å². The van der Waals surface area contributed by atoms with Crippen molar-refractivity contribution >= 4 is 80.9 Å². The molecule has 0 aromatic carbocycles. The van der Waals surface area contributed by atoms with E-state index in [9.17, 15) is 0 Å². The van der Waals surface area contributed by atoms with Crippen LogP contribution < -0.4 is 0 Å². The molecular formula is AlMgNaSi. The standard InChI is InChI=1S/Al.Mg.Na.Si. The minimum Gasteiger partial charge on any atom is 0 e. The van der Waals surface area contributed by atoms with Crippen molar-refractivity contribution in [2.75, 3.05) is 0 Å². The van der Waals surface area contributed by atoms with Gasteiger partial charge in [0.2, 0.25) is 0 Å². The van der Waals surface area contributed by atoms with Gasteiger partial charge in [0.15, 0.2) is 0 Å². The Morgan fingerprint density at radius 2 is 1.00 bits per heavy atom. The molecule has 0 rings (SSSR count). The Morgan fingerprint density at radius 3 is 1.00 bits per heavy atom. The van der Waals surface area contributed by atoms with E-state index < -0.39 is 0 Å². The van der Waals surface area contributed by atoms with Crippen molar-refractivity contribution in [3.05, 3.63) is 0 Å². The number of rotatable bonds is 0. The second kappa shape index (κ2) is 17.8. The fraction of sp³-hybridized carbons (Fsp3) is 0. The third-order valence-electron chi connectivity index (χ3n) is 0. The van der Waals surface area contributed by atoms with Gasteiger partial charge in [-0.05, 0) is 0 Å². The molecule has 10 radical (unpaired) electrons. The SMILES string of the molecule is [Al].[Mg].[Na].[Si]. The first kappa shape index (κ1) is 31.3. The van der Waals surface area contributed by atoms with Crippen molar-refractivity contribution in [1.29, 1.82) is 0 Å². The zero-order chi connectivity index (χ0) is 0. The predicted octanol–water partition coefficient (Wildman–Crippen LogP) is -1.52. The van der Waals surface area contributed by atoms with Gasteiger partial charge in [0, 0.05) is 80.9 Å². The van der Waals surface area contributed by atoms with Crippen LogP contribution in [0.3, 0.4) is 0 Å². The molecule has 4 heteroatoms. The van der Waals surface area contributed by atoms with Gasteiger partial charge in [-0.25, -0.2) is 0 Å². The van der Waals surface area contributed by atoms with Gasteiger partial charge in [-0.1, -0.05) is 0 Å². The van der Waals surface area contributed by atoms with Crippen LogP contribution in [0.15, 0.2) is 0 Å². The van der Waals surface area contributed by atoms with E-state index in [0.717, 1.165) is 0 Å². The summed E-state index contributed by atoms with van der Waals surface area (Å²) in [5.74, 6) is 0. The Labute approximate surface area is 79.7 Å². The van der Waals surface area contributed by atoms with Gasteiger partial charge in [0.25, 0.3) is 0 Å². The van der Waals surface area contributed by atoms with Crippen LogP contribution >= 0.6 is 0 Å². The van der Waals surface area contributed by atoms with Crippen molar-refractivity contribution in [2.45, 2.75) is 0 Å². The summed E-state index contributed by atoms with van der Waals surface area (Å²) in [6, 6.07) is 0.